The van der Waals surface area contributed by atoms with Crippen molar-refractivity contribution in [3.05, 3.63) is 36.8 Å². The van der Waals surface area contributed by atoms with Crippen LogP contribution in [0.3, 0.4) is 0 Å². The van der Waals surface area contributed by atoms with Crippen LogP contribution >= 0.6 is 0 Å². The predicted octanol–water partition coefficient (Wildman–Crippen LogP) is 2.65. The van der Waals surface area contributed by atoms with Gasteiger partial charge in [-0.15, -0.1) is 0 Å². The van der Waals surface area contributed by atoms with Crippen molar-refractivity contribution in [2.45, 2.75) is 26.7 Å². The second-order valence-electron chi connectivity index (χ2n) is 8.29. The SMILES string of the molecule is CC(=O)Nc1cc(-c2cn3nccc3c(N3C[C@@H](C)[C@@](C#N)(C4CC4)C3=O)n2)ccn1. The van der Waals surface area contributed by atoms with Crippen LogP contribution in [0, 0.1) is 28.6 Å². The summed E-state index contributed by atoms with van der Waals surface area (Å²) in [7, 11) is 0. The summed E-state index contributed by atoms with van der Waals surface area (Å²) in [4.78, 5) is 35.5. The Morgan fingerprint density at radius 1 is 1.32 bits per heavy atom. The number of hydrogen-bond donors (Lipinski definition) is 1. The number of pyridine rings is 1. The van der Waals surface area contributed by atoms with E-state index < -0.39 is 5.41 Å². The van der Waals surface area contributed by atoms with E-state index in [1.165, 1.54) is 6.92 Å². The smallest absolute Gasteiger partial charge is 0.249 e. The fourth-order valence-corrected chi connectivity index (χ4v) is 4.57. The van der Waals surface area contributed by atoms with E-state index in [2.05, 4.69) is 21.5 Å². The fourth-order valence-electron chi connectivity index (χ4n) is 4.57. The van der Waals surface area contributed by atoms with Gasteiger partial charge in [-0.3, -0.25) is 14.5 Å². The average Bonchev–Trinajstić information content (AvgIpc) is 3.42. The molecular weight excluding hydrogens is 394 g/mol. The maximum Gasteiger partial charge on any atom is 0.249 e. The summed E-state index contributed by atoms with van der Waals surface area (Å²) in [6.45, 7) is 3.83. The first-order valence-electron chi connectivity index (χ1n) is 10.3. The Bertz CT molecular complexity index is 1260. The van der Waals surface area contributed by atoms with Crippen LogP contribution in [0.4, 0.5) is 11.6 Å². The van der Waals surface area contributed by atoms with Gasteiger partial charge in [0.25, 0.3) is 0 Å². The van der Waals surface area contributed by atoms with Gasteiger partial charge in [0.1, 0.15) is 16.7 Å². The number of aromatic nitrogens is 4. The summed E-state index contributed by atoms with van der Waals surface area (Å²) in [5.74, 6) is 0.545. The Kier molecular flexibility index (Phi) is 4.25. The number of carbonyl (C=O) groups excluding carboxylic acids is 2. The molecule has 1 aliphatic heterocycles. The molecule has 0 spiro atoms. The molecule has 0 aromatic carbocycles. The molecule has 2 amide bonds. The van der Waals surface area contributed by atoms with Crippen LogP contribution in [0.15, 0.2) is 36.8 Å². The monoisotopic (exact) mass is 415 g/mol. The second-order valence-corrected chi connectivity index (χ2v) is 8.29. The summed E-state index contributed by atoms with van der Waals surface area (Å²) in [5.41, 5.74) is 1.03. The molecule has 1 saturated heterocycles. The first-order chi connectivity index (χ1) is 14.9. The lowest BCUT2D eigenvalue weighted by Gasteiger charge is -2.23. The van der Waals surface area contributed by atoms with Crippen LogP contribution in [-0.4, -0.2) is 37.9 Å². The number of nitrogens with zero attached hydrogens (tertiary/aromatic N) is 6. The highest BCUT2D eigenvalue weighted by Crippen LogP contribution is 2.54. The van der Waals surface area contributed by atoms with Gasteiger partial charge in [-0.05, 0) is 37.0 Å². The molecule has 3 aromatic heterocycles. The molecule has 2 aliphatic rings. The number of fused-ring (bicyclic) bond motifs is 1. The van der Waals surface area contributed by atoms with Gasteiger partial charge >= 0.3 is 0 Å². The molecule has 5 rings (SSSR count). The quantitative estimate of drug-likeness (QED) is 0.700. The molecule has 4 heterocycles. The highest BCUT2D eigenvalue weighted by Gasteiger charge is 2.61. The third-order valence-electron chi connectivity index (χ3n) is 6.22. The third-order valence-corrected chi connectivity index (χ3v) is 6.22. The molecule has 3 aromatic rings. The fraction of sp³-hybridized carbons (Fsp3) is 0.364. The minimum absolute atomic E-state index is 0.0850. The van der Waals surface area contributed by atoms with E-state index in [0.717, 1.165) is 18.4 Å². The summed E-state index contributed by atoms with van der Waals surface area (Å²) in [6, 6.07) is 7.68. The number of anilines is 2. The molecule has 0 radical (unpaired) electrons. The van der Waals surface area contributed by atoms with Crippen LogP contribution in [-0.2, 0) is 9.59 Å². The minimum Gasteiger partial charge on any atom is -0.311 e. The molecule has 2 atom stereocenters. The van der Waals surface area contributed by atoms with Gasteiger partial charge in [0, 0.05) is 31.1 Å². The normalized spacial score (nSPS) is 23.2. The first-order valence-corrected chi connectivity index (χ1v) is 10.3. The molecule has 156 valence electrons. The van der Waals surface area contributed by atoms with E-state index in [-0.39, 0.29) is 23.7 Å². The van der Waals surface area contributed by atoms with Gasteiger partial charge in [0.05, 0.1) is 24.2 Å². The Morgan fingerprint density at radius 3 is 2.84 bits per heavy atom. The summed E-state index contributed by atoms with van der Waals surface area (Å²) in [6.07, 6.45) is 6.84. The van der Waals surface area contributed by atoms with Crippen molar-refractivity contribution in [2.75, 3.05) is 16.8 Å². The topological polar surface area (TPSA) is 116 Å². The number of nitrogens with one attached hydrogen (secondary N) is 1. The van der Waals surface area contributed by atoms with E-state index in [9.17, 15) is 14.9 Å². The van der Waals surface area contributed by atoms with Crippen molar-refractivity contribution in [3.63, 3.8) is 0 Å². The lowest BCUT2D eigenvalue weighted by molar-refractivity contribution is -0.125. The molecule has 1 N–H and O–H groups in total. The number of amides is 2. The van der Waals surface area contributed by atoms with Gasteiger partial charge in [-0.1, -0.05) is 6.92 Å². The molecule has 1 saturated carbocycles. The van der Waals surface area contributed by atoms with E-state index in [1.807, 2.05) is 13.0 Å². The van der Waals surface area contributed by atoms with Crippen molar-refractivity contribution in [1.29, 1.82) is 5.26 Å². The van der Waals surface area contributed by atoms with Crippen LogP contribution in [0.1, 0.15) is 26.7 Å². The number of nitriles is 1. The van der Waals surface area contributed by atoms with Crippen LogP contribution < -0.4 is 10.2 Å². The highest BCUT2D eigenvalue weighted by atomic mass is 16.2. The van der Waals surface area contributed by atoms with Gasteiger partial charge in [-0.2, -0.15) is 10.4 Å². The van der Waals surface area contributed by atoms with E-state index >= 15 is 0 Å². The van der Waals surface area contributed by atoms with Gasteiger partial charge in [0.15, 0.2) is 5.82 Å². The molecule has 31 heavy (non-hydrogen) atoms. The van der Waals surface area contributed by atoms with Crippen molar-refractivity contribution in [3.8, 4) is 17.3 Å². The zero-order chi connectivity index (χ0) is 21.8. The van der Waals surface area contributed by atoms with Gasteiger partial charge in [-0.25, -0.2) is 14.5 Å². The zero-order valence-corrected chi connectivity index (χ0v) is 17.2. The summed E-state index contributed by atoms with van der Waals surface area (Å²) < 4.78 is 1.68. The number of hydrogen-bond acceptors (Lipinski definition) is 6. The molecule has 1 aliphatic carbocycles. The summed E-state index contributed by atoms with van der Waals surface area (Å²) >= 11 is 0. The highest BCUT2D eigenvalue weighted by molar-refractivity contribution is 6.04. The van der Waals surface area contributed by atoms with E-state index in [1.54, 1.807) is 40.1 Å². The average molecular weight is 415 g/mol. The lowest BCUT2D eigenvalue weighted by atomic mass is 9.75. The van der Waals surface area contributed by atoms with Crippen molar-refractivity contribution in [2.24, 2.45) is 17.3 Å². The van der Waals surface area contributed by atoms with Crippen molar-refractivity contribution >= 4 is 29.0 Å². The Labute approximate surface area is 178 Å². The predicted molar refractivity (Wildman–Crippen MR) is 113 cm³/mol. The summed E-state index contributed by atoms with van der Waals surface area (Å²) in [5, 5.41) is 17.0. The standard InChI is InChI=1S/C22H21N7O2/c1-13-10-28(21(31)22(13,12-23)16-3-4-16)20-18-6-8-25-29(18)11-17(27-20)15-5-7-24-19(9-15)26-14(2)30/h5-9,11,13,16H,3-4,10H2,1-2H3,(H,24,26,30)/t13-,22+/m1/s1. The van der Waals surface area contributed by atoms with E-state index in [4.69, 9.17) is 4.98 Å². The third kappa shape index (κ3) is 2.94. The Hall–Kier alpha value is -3.80. The van der Waals surface area contributed by atoms with E-state index in [0.29, 0.717) is 29.4 Å². The molecule has 2 fully saturated rings. The number of rotatable bonds is 4. The second kappa shape index (κ2) is 6.87. The molecule has 0 bridgehead atoms. The zero-order valence-electron chi connectivity index (χ0n) is 17.2. The van der Waals surface area contributed by atoms with Gasteiger partial charge < -0.3 is 5.32 Å². The van der Waals surface area contributed by atoms with Crippen LogP contribution in [0.25, 0.3) is 16.8 Å². The number of carbonyl (C=O) groups is 2. The molecule has 9 heteroatoms. The van der Waals surface area contributed by atoms with Crippen LogP contribution in [0.5, 0.6) is 0 Å². The largest absolute Gasteiger partial charge is 0.311 e. The maximum atomic E-state index is 13.5. The maximum absolute atomic E-state index is 13.5. The molecular formula is C22H21N7O2. The van der Waals surface area contributed by atoms with Crippen molar-refractivity contribution < 1.29 is 9.59 Å². The molecule has 0 unspecified atom stereocenters. The lowest BCUT2D eigenvalue weighted by Crippen LogP contribution is -2.37. The van der Waals surface area contributed by atoms with Gasteiger partial charge in [0.2, 0.25) is 11.8 Å². The Morgan fingerprint density at radius 2 is 2.13 bits per heavy atom. The molecule has 9 nitrogen and oxygen atoms in total. The first kappa shape index (κ1) is 19.2. The van der Waals surface area contributed by atoms with Crippen LogP contribution in [0.2, 0.25) is 0 Å². The van der Waals surface area contributed by atoms with Crippen molar-refractivity contribution in [1.82, 2.24) is 19.6 Å². The minimum atomic E-state index is -0.982. The Balaban J connectivity index is 1.61.